The molecule has 0 spiro atoms. The Hall–Kier alpha value is -1.73. The predicted octanol–water partition coefficient (Wildman–Crippen LogP) is 3.70. The molecule has 112 valence electrons. The van der Waals surface area contributed by atoms with Gasteiger partial charge in [-0.15, -0.1) is 0 Å². The standard InChI is InChI=1S/C13H9ClF3NO2S/c14-9-4-2-1-3-8(9)7-21(19,20)18-11-6-5-10(15)12(16)13(11)17/h1-6,18H,7H2. The normalized spacial score (nSPS) is 11.4. The summed E-state index contributed by atoms with van der Waals surface area (Å²) >= 11 is 5.83. The summed E-state index contributed by atoms with van der Waals surface area (Å²) in [5.74, 6) is -5.27. The zero-order chi connectivity index (χ0) is 15.6. The maximum absolute atomic E-state index is 13.4. The zero-order valence-corrected chi connectivity index (χ0v) is 12.0. The fraction of sp³-hybridized carbons (Fsp3) is 0.0769. The topological polar surface area (TPSA) is 46.2 Å². The molecule has 0 aliphatic carbocycles. The minimum Gasteiger partial charge on any atom is -0.280 e. The van der Waals surface area contributed by atoms with Gasteiger partial charge < -0.3 is 0 Å². The van der Waals surface area contributed by atoms with Crippen molar-refractivity contribution in [3.63, 3.8) is 0 Å². The SMILES string of the molecule is O=S(=O)(Cc1ccccc1Cl)Nc1ccc(F)c(F)c1F. The van der Waals surface area contributed by atoms with E-state index in [9.17, 15) is 21.6 Å². The first-order chi connectivity index (χ1) is 9.80. The molecule has 2 aromatic carbocycles. The minimum atomic E-state index is -4.03. The molecule has 0 radical (unpaired) electrons. The Morgan fingerprint density at radius 2 is 1.67 bits per heavy atom. The van der Waals surface area contributed by atoms with E-state index in [1.165, 1.54) is 12.1 Å². The molecular formula is C13H9ClF3NO2S. The monoisotopic (exact) mass is 335 g/mol. The lowest BCUT2D eigenvalue weighted by Crippen LogP contribution is -2.16. The molecule has 21 heavy (non-hydrogen) atoms. The first kappa shape index (κ1) is 15.7. The Bertz CT molecular complexity index is 781. The Morgan fingerprint density at radius 3 is 2.33 bits per heavy atom. The molecule has 2 aromatic rings. The molecule has 0 aliphatic heterocycles. The molecular weight excluding hydrogens is 327 g/mol. The smallest absolute Gasteiger partial charge is 0.237 e. The molecule has 0 atom stereocenters. The second kappa shape index (κ2) is 5.95. The maximum Gasteiger partial charge on any atom is 0.237 e. The molecule has 0 saturated heterocycles. The number of benzene rings is 2. The average molecular weight is 336 g/mol. The van der Waals surface area contributed by atoms with E-state index in [1.807, 2.05) is 4.72 Å². The van der Waals surface area contributed by atoms with Gasteiger partial charge in [0.05, 0.1) is 11.4 Å². The summed E-state index contributed by atoms with van der Waals surface area (Å²) in [5, 5.41) is 0.230. The van der Waals surface area contributed by atoms with Crippen LogP contribution in [0, 0.1) is 17.5 Å². The number of halogens is 4. The quantitative estimate of drug-likeness (QED) is 0.866. The second-order valence-corrected chi connectivity index (χ2v) is 6.30. The molecule has 1 N–H and O–H groups in total. The molecule has 0 aliphatic rings. The van der Waals surface area contributed by atoms with Gasteiger partial charge in [0, 0.05) is 5.02 Å². The van der Waals surface area contributed by atoms with Gasteiger partial charge in [-0.3, -0.25) is 4.72 Å². The molecule has 0 fully saturated rings. The first-order valence-corrected chi connectivity index (χ1v) is 7.70. The predicted molar refractivity (Wildman–Crippen MR) is 74.0 cm³/mol. The van der Waals surface area contributed by atoms with Crippen LogP contribution >= 0.6 is 11.6 Å². The highest BCUT2D eigenvalue weighted by molar-refractivity contribution is 7.91. The molecule has 0 unspecified atom stereocenters. The molecule has 0 aromatic heterocycles. The fourth-order valence-electron chi connectivity index (χ4n) is 1.63. The number of anilines is 1. The van der Waals surface area contributed by atoms with Crippen LogP contribution in [0.5, 0.6) is 0 Å². The summed E-state index contributed by atoms with van der Waals surface area (Å²) in [6, 6.07) is 7.65. The highest BCUT2D eigenvalue weighted by Gasteiger charge is 2.19. The highest BCUT2D eigenvalue weighted by atomic mass is 35.5. The van der Waals surface area contributed by atoms with Crippen molar-refractivity contribution >= 4 is 27.3 Å². The molecule has 0 amide bonds. The van der Waals surface area contributed by atoms with Crippen molar-refractivity contribution in [2.24, 2.45) is 0 Å². The van der Waals surface area contributed by atoms with Crippen LogP contribution in [0.25, 0.3) is 0 Å². The van der Waals surface area contributed by atoms with E-state index in [1.54, 1.807) is 12.1 Å². The first-order valence-electron chi connectivity index (χ1n) is 5.67. The van der Waals surface area contributed by atoms with E-state index in [0.29, 0.717) is 11.6 Å². The van der Waals surface area contributed by atoms with Crippen molar-refractivity contribution in [2.75, 3.05) is 4.72 Å². The van der Waals surface area contributed by atoms with Crippen LogP contribution in [0.3, 0.4) is 0 Å². The van der Waals surface area contributed by atoms with Gasteiger partial charge in [-0.25, -0.2) is 21.6 Å². The van der Waals surface area contributed by atoms with Crippen LogP contribution < -0.4 is 4.72 Å². The largest absolute Gasteiger partial charge is 0.280 e. The molecule has 0 saturated carbocycles. The van der Waals surface area contributed by atoms with Gasteiger partial charge in [0.25, 0.3) is 0 Å². The van der Waals surface area contributed by atoms with Crippen LogP contribution in [-0.2, 0) is 15.8 Å². The lowest BCUT2D eigenvalue weighted by molar-refractivity contribution is 0.449. The van der Waals surface area contributed by atoms with E-state index in [4.69, 9.17) is 11.6 Å². The van der Waals surface area contributed by atoms with E-state index in [2.05, 4.69) is 0 Å². The van der Waals surface area contributed by atoms with Crippen molar-refractivity contribution < 1.29 is 21.6 Å². The van der Waals surface area contributed by atoms with Crippen molar-refractivity contribution in [1.29, 1.82) is 0 Å². The molecule has 0 heterocycles. The third-order valence-corrected chi connectivity index (χ3v) is 4.19. The molecule has 8 heteroatoms. The highest BCUT2D eigenvalue weighted by Crippen LogP contribution is 2.23. The third kappa shape index (κ3) is 3.68. The second-order valence-electron chi connectivity index (χ2n) is 4.18. The fourth-order valence-corrected chi connectivity index (χ4v) is 3.14. The van der Waals surface area contributed by atoms with Crippen molar-refractivity contribution in [2.45, 2.75) is 5.75 Å². The minimum absolute atomic E-state index is 0.230. The van der Waals surface area contributed by atoms with E-state index < -0.39 is 38.9 Å². The molecule has 3 nitrogen and oxygen atoms in total. The van der Waals surface area contributed by atoms with Crippen molar-refractivity contribution in [3.8, 4) is 0 Å². The van der Waals surface area contributed by atoms with Gasteiger partial charge in [0.2, 0.25) is 10.0 Å². The van der Waals surface area contributed by atoms with Gasteiger partial charge in [0.15, 0.2) is 17.5 Å². The summed E-state index contributed by atoms with van der Waals surface area (Å²) in [5.41, 5.74) is -0.365. The summed E-state index contributed by atoms with van der Waals surface area (Å²) in [6.45, 7) is 0. The van der Waals surface area contributed by atoms with Gasteiger partial charge >= 0.3 is 0 Å². The lowest BCUT2D eigenvalue weighted by atomic mass is 10.2. The van der Waals surface area contributed by atoms with E-state index in [0.717, 1.165) is 6.07 Å². The number of sulfonamides is 1. The lowest BCUT2D eigenvalue weighted by Gasteiger charge is -2.10. The molecule has 0 bridgehead atoms. The van der Waals surface area contributed by atoms with Gasteiger partial charge in [-0.2, -0.15) is 0 Å². The molecule has 2 rings (SSSR count). The third-order valence-electron chi connectivity index (χ3n) is 2.60. The van der Waals surface area contributed by atoms with Gasteiger partial charge in [-0.05, 0) is 23.8 Å². The van der Waals surface area contributed by atoms with Crippen LogP contribution in [0.15, 0.2) is 36.4 Å². The number of nitrogens with one attached hydrogen (secondary N) is 1. The van der Waals surface area contributed by atoms with Gasteiger partial charge in [-0.1, -0.05) is 29.8 Å². The van der Waals surface area contributed by atoms with Crippen molar-refractivity contribution in [1.82, 2.24) is 0 Å². The Labute approximate surface area is 124 Å². The average Bonchev–Trinajstić information content (AvgIpc) is 2.42. The van der Waals surface area contributed by atoms with Crippen LogP contribution in [0.1, 0.15) is 5.56 Å². The number of hydrogen-bond donors (Lipinski definition) is 1. The van der Waals surface area contributed by atoms with E-state index in [-0.39, 0.29) is 5.02 Å². The summed E-state index contributed by atoms with van der Waals surface area (Å²) < 4.78 is 65.0. The van der Waals surface area contributed by atoms with E-state index >= 15 is 0 Å². The Balaban J connectivity index is 2.27. The van der Waals surface area contributed by atoms with Gasteiger partial charge in [0.1, 0.15) is 0 Å². The Morgan fingerprint density at radius 1 is 1.00 bits per heavy atom. The summed E-state index contributed by atoms with van der Waals surface area (Å²) in [6.07, 6.45) is 0. The summed E-state index contributed by atoms with van der Waals surface area (Å²) in [7, 11) is -4.03. The number of hydrogen-bond acceptors (Lipinski definition) is 2. The van der Waals surface area contributed by atoms with Crippen LogP contribution in [0.4, 0.5) is 18.9 Å². The Kier molecular flexibility index (Phi) is 4.43. The van der Waals surface area contributed by atoms with Crippen LogP contribution in [-0.4, -0.2) is 8.42 Å². The van der Waals surface area contributed by atoms with Crippen LogP contribution in [0.2, 0.25) is 5.02 Å². The van der Waals surface area contributed by atoms with Crippen molar-refractivity contribution in [3.05, 3.63) is 64.4 Å². The summed E-state index contributed by atoms with van der Waals surface area (Å²) in [4.78, 5) is 0. The zero-order valence-electron chi connectivity index (χ0n) is 10.4. The maximum atomic E-state index is 13.4. The number of rotatable bonds is 4.